The number of ether oxygens (including phenoxy) is 2. The van der Waals surface area contributed by atoms with Crippen molar-refractivity contribution in [2.45, 2.75) is 0 Å². The number of amides is 2. The van der Waals surface area contributed by atoms with Crippen LogP contribution in [0.25, 0.3) is 0 Å². The van der Waals surface area contributed by atoms with Crippen molar-refractivity contribution < 1.29 is 14.3 Å². The average Bonchev–Trinajstić information content (AvgIpc) is 2.41. The van der Waals surface area contributed by atoms with Crippen LogP contribution in [0.15, 0.2) is 24.3 Å². The van der Waals surface area contributed by atoms with E-state index in [4.69, 9.17) is 21.1 Å². The van der Waals surface area contributed by atoms with Gasteiger partial charge in [-0.05, 0) is 12.1 Å². The summed E-state index contributed by atoms with van der Waals surface area (Å²) in [6.45, 7) is 1.94. The van der Waals surface area contributed by atoms with Gasteiger partial charge >= 0.3 is 6.03 Å². The molecule has 0 atom stereocenters. The Hall–Kier alpha value is -1.30. The lowest BCUT2D eigenvalue weighted by Gasteiger charge is -2.22. The molecule has 0 aliphatic rings. The van der Waals surface area contributed by atoms with Crippen LogP contribution in [0.4, 0.5) is 10.5 Å². The van der Waals surface area contributed by atoms with Gasteiger partial charge < -0.3 is 19.7 Å². The third kappa shape index (κ3) is 5.46. The van der Waals surface area contributed by atoms with Gasteiger partial charge in [0.2, 0.25) is 0 Å². The van der Waals surface area contributed by atoms with Crippen molar-refractivity contribution in [3.8, 4) is 0 Å². The fourth-order valence-corrected chi connectivity index (χ4v) is 1.66. The molecule has 1 aromatic carbocycles. The zero-order valence-electron chi connectivity index (χ0n) is 11.2. The molecule has 1 rings (SSSR count). The first kappa shape index (κ1) is 15.8. The second-order valence-electron chi connectivity index (χ2n) is 3.88. The summed E-state index contributed by atoms with van der Waals surface area (Å²) < 4.78 is 9.98. The van der Waals surface area contributed by atoms with E-state index in [9.17, 15) is 4.79 Å². The van der Waals surface area contributed by atoms with Gasteiger partial charge in [-0.1, -0.05) is 23.7 Å². The van der Waals surface area contributed by atoms with Crippen LogP contribution in [-0.4, -0.2) is 51.5 Å². The molecular formula is C13H19ClN2O3. The van der Waals surface area contributed by atoms with E-state index >= 15 is 0 Å². The monoisotopic (exact) mass is 286 g/mol. The molecule has 106 valence electrons. The zero-order chi connectivity index (χ0) is 14.1. The molecule has 0 spiro atoms. The highest BCUT2D eigenvalue weighted by molar-refractivity contribution is 6.33. The SMILES string of the molecule is COCCN(CCOC)C(=O)Nc1ccccc1Cl. The van der Waals surface area contributed by atoms with Crippen LogP contribution < -0.4 is 5.32 Å². The van der Waals surface area contributed by atoms with Gasteiger partial charge in [0, 0.05) is 27.3 Å². The molecule has 0 unspecified atom stereocenters. The molecule has 0 saturated heterocycles. The number of hydrogen-bond donors (Lipinski definition) is 1. The number of rotatable bonds is 7. The number of para-hydroxylation sites is 1. The molecule has 0 aromatic heterocycles. The molecule has 0 aliphatic heterocycles. The summed E-state index contributed by atoms with van der Waals surface area (Å²) in [5.74, 6) is 0. The largest absolute Gasteiger partial charge is 0.383 e. The Kier molecular flexibility index (Phi) is 7.25. The molecule has 0 bridgehead atoms. The minimum absolute atomic E-state index is 0.220. The summed E-state index contributed by atoms with van der Waals surface area (Å²) >= 11 is 6.00. The molecule has 0 radical (unpaired) electrons. The Balaban J connectivity index is 2.62. The Bertz CT molecular complexity index is 393. The first-order valence-corrected chi connectivity index (χ1v) is 6.35. The summed E-state index contributed by atoms with van der Waals surface area (Å²) in [5.41, 5.74) is 0.592. The molecule has 0 fully saturated rings. The zero-order valence-corrected chi connectivity index (χ0v) is 11.9. The molecule has 0 aliphatic carbocycles. The standard InChI is InChI=1S/C13H19ClN2O3/c1-18-9-7-16(8-10-19-2)13(17)15-12-6-4-3-5-11(12)14/h3-6H,7-10H2,1-2H3,(H,15,17). The van der Waals surface area contributed by atoms with E-state index in [1.807, 2.05) is 12.1 Å². The fourth-order valence-electron chi connectivity index (χ4n) is 1.47. The van der Waals surface area contributed by atoms with E-state index < -0.39 is 0 Å². The lowest BCUT2D eigenvalue weighted by Crippen LogP contribution is -2.39. The van der Waals surface area contributed by atoms with Crippen LogP contribution in [0.2, 0.25) is 5.02 Å². The molecule has 1 aromatic rings. The molecular weight excluding hydrogens is 268 g/mol. The number of nitrogens with one attached hydrogen (secondary N) is 1. The molecule has 19 heavy (non-hydrogen) atoms. The molecule has 6 heteroatoms. The number of methoxy groups -OCH3 is 2. The quantitative estimate of drug-likeness (QED) is 0.838. The van der Waals surface area contributed by atoms with Crippen molar-refractivity contribution in [2.75, 3.05) is 45.8 Å². The minimum Gasteiger partial charge on any atom is -0.383 e. The Morgan fingerprint density at radius 2 is 1.79 bits per heavy atom. The first-order valence-electron chi connectivity index (χ1n) is 5.97. The maximum atomic E-state index is 12.1. The van der Waals surface area contributed by atoms with E-state index in [0.717, 1.165) is 0 Å². The highest BCUT2D eigenvalue weighted by Gasteiger charge is 2.14. The van der Waals surface area contributed by atoms with Crippen molar-refractivity contribution in [2.24, 2.45) is 0 Å². The van der Waals surface area contributed by atoms with Gasteiger partial charge in [0.15, 0.2) is 0 Å². The number of halogens is 1. The van der Waals surface area contributed by atoms with Crippen LogP contribution in [0.3, 0.4) is 0 Å². The summed E-state index contributed by atoms with van der Waals surface area (Å²) in [6.07, 6.45) is 0. The Labute approximate surface area is 118 Å². The second kappa shape index (κ2) is 8.74. The summed E-state index contributed by atoms with van der Waals surface area (Å²) in [7, 11) is 3.20. The van der Waals surface area contributed by atoms with Gasteiger partial charge in [0.25, 0.3) is 0 Å². The number of nitrogens with zero attached hydrogens (tertiary/aromatic N) is 1. The van der Waals surface area contributed by atoms with Gasteiger partial charge in [0.05, 0.1) is 23.9 Å². The first-order chi connectivity index (χ1) is 9.19. The number of urea groups is 1. The number of carbonyl (C=O) groups excluding carboxylic acids is 1. The molecule has 0 saturated carbocycles. The number of benzene rings is 1. The highest BCUT2D eigenvalue weighted by Crippen LogP contribution is 2.20. The van der Waals surface area contributed by atoms with Gasteiger partial charge in [0.1, 0.15) is 0 Å². The van der Waals surface area contributed by atoms with Gasteiger partial charge in [-0.2, -0.15) is 0 Å². The molecule has 0 heterocycles. The highest BCUT2D eigenvalue weighted by atomic mass is 35.5. The molecule has 5 nitrogen and oxygen atoms in total. The van der Waals surface area contributed by atoms with Gasteiger partial charge in [-0.25, -0.2) is 4.79 Å². The fraction of sp³-hybridized carbons (Fsp3) is 0.462. The van der Waals surface area contributed by atoms with E-state index in [1.165, 1.54) is 0 Å². The third-order valence-corrected chi connectivity index (χ3v) is 2.86. The number of hydrogen-bond acceptors (Lipinski definition) is 3. The van der Waals surface area contributed by atoms with Crippen molar-refractivity contribution in [3.63, 3.8) is 0 Å². The average molecular weight is 287 g/mol. The predicted molar refractivity (Wildman–Crippen MR) is 75.8 cm³/mol. The lowest BCUT2D eigenvalue weighted by molar-refractivity contribution is 0.127. The van der Waals surface area contributed by atoms with Crippen LogP contribution >= 0.6 is 11.6 Å². The van der Waals surface area contributed by atoms with E-state index in [0.29, 0.717) is 37.0 Å². The van der Waals surface area contributed by atoms with Crippen LogP contribution in [-0.2, 0) is 9.47 Å². The second-order valence-corrected chi connectivity index (χ2v) is 4.29. The smallest absolute Gasteiger partial charge is 0.322 e. The van der Waals surface area contributed by atoms with Crippen molar-refractivity contribution >= 4 is 23.3 Å². The van der Waals surface area contributed by atoms with Gasteiger partial charge in [-0.3, -0.25) is 0 Å². The minimum atomic E-state index is -0.220. The predicted octanol–water partition coefficient (Wildman–Crippen LogP) is 2.47. The maximum absolute atomic E-state index is 12.1. The number of anilines is 1. The topological polar surface area (TPSA) is 50.8 Å². The van der Waals surface area contributed by atoms with Crippen molar-refractivity contribution in [1.82, 2.24) is 4.90 Å². The maximum Gasteiger partial charge on any atom is 0.322 e. The molecule has 2 amide bonds. The normalized spacial score (nSPS) is 10.3. The van der Waals surface area contributed by atoms with Crippen LogP contribution in [0.1, 0.15) is 0 Å². The Morgan fingerprint density at radius 3 is 2.32 bits per heavy atom. The van der Waals surface area contributed by atoms with E-state index in [-0.39, 0.29) is 6.03 Å². The van der Waals surface area contributed by atoms with E-state index in [1.54, 1.807) is 31.3 Å². The molecule has 1 N–H and O–H groups in total. The van der Waals surface area contributed by atoms with Crippen LogP contribution in [0.5, 0.6) is 0 Å². The van der Waals surface area contributed by atoms with Crippen molar-refractivity contribution in [1.29, 1.82) is 0 Å². The summed E-state index contributed by atoms with van der Waals surface area (Å²) in [6, 6.07) is 6.89. The van der Waals surface area contributed by atoms with Crippen molar-refractivity contribution in [3.05, 3.63) is 29.3 Å². The summed E-state index contributed by atoms with van der Waals surface area (Å²) in [4.78, 5) is 13.7. The lowest BCUT2D eigenvalue weighted by atomic mass is 10.3. The Morgan fingerprint density at radius 1 is 1.21 bits per heavy atom. The number of carbonyl (C=O) groups is 1. The van der Waals surface area contributed by atoms with Crippen LogP contribution in [0, 0.1) is 0 Å². The third-order valence-electron chi connectivity index (χ3n) is 2.53. The van der Waals surface area contributed by atoms with Gasteiger partial charge in [-0.15, -0.1) is 0 Å². The summed E-state index contributed by atoms with van der Waals surface area (Å²) in [5, 5.41) is 3.28. The van der Waals surface area contributed by atoms with E-state index in [2.05, 4.69) is 5.32 Å².